The lowest BCUT2D eigenvalue weighted by atomic mass is 10.4. The maximum Gasteiger partial charge on any atom is 0.189 e. The van der Waals surface area contributed by atoms with Crippen molar-refractivity contribution in [3.8, 4) is 0 Å². The molecule has 0 aromatic heterocycles. The summed E-state index contributed by atoms with van der Waals surface area (Å²) in [5.41, 5.74) is -1.41. The number of rotatable bonds is 5. The molecular weight excluding hydrogens is 602 g/mol. The van der Waals surface area contributed by atoms with Crippen LogP contribution in [0.5, 0.6) is 0 Å². The SMILES string of the molecule is CC(Cl)C(C)Cl.CC(Cl)C(C)Cl.CC(Cl)C(C)Cl.CC(Cl)C(C)Cl.CC(Cl)C(F)Cl. The van der Waals surface area contributed by atoms with Crippen LogP contribution in [0.4, 0.5) is 4.39 Å². The van der Waals surface area contributed by atoms with Crippen molar-refractivity contribution in [2.24, 2.45) is 0 Å². The highest BCUT2D eigenvalue weighted by Crippen LogP contribution is 2.09. The summed E-state index contributed by atoms with van der Waals surface area (Å²) >= 11 is 53.8. The Labute approximate surface area is 235 Å². The van der Waals surface area contributed by atoms with Gasteiger partial charge in [0.05, 0.1) is 5.38 Å². The van der Waals surface area contributed by atoms with E-state index in [0.29, 0.717) is 0 Å². The van der Waals surface area contributed by atoms with E-state index in [1.165, 1.54) is 6.92 Å². The second kappa shape index (κ2) is 28.1. The minimum Gasteiger partial charge on any atom is -0.228 e. The molecule has 0 heterocycles. The van der Waals surface area contributed by atoms with Crippen LogP contribution >= 0.6 is 116 Å². The van der Waals surface area contributed by atoms with Crippen molar-refractivity contribution in [3.63, 3.8) is 0 Å². The molecule has 0 fully saturated rings. The first-order chi connectivity index (χ1) is 13.2. The molecule has 0 nitrogen and oxygen atoms in total. The Balaban J connectivity index is -0.0000000868. The molecule has 30 heavy (non-hydrogen) atoms. The summed E-state index contributed by atoms with van der Waals surface area (Å²) in [5.74, 6) is 0. The van der Waals surface area contributed by atoms with Crippen molar-refractivity contribution in [1.82, 2.24) is 0 Å². The van der Waals surface area contributed by atoms with E-state index in [4.69, 9.17) is 116 Å². The van der Waals surface area contributed by atoms with Gasteiger partial charge < -0.3 is 0 Å². The van der Waals surface area contributed by atoms with Crippen LogP contribution in [-0.4, -0.2) is 54.0 Å². The Morgan fingerprint density at radius 3 is 0.367 bits per heavy atom. The Hall–Kier alpha value is 2.83. The number of alkyl halides is 11. The molecule has 0 aromatic rings. The molecule has 0 spiro atoms. The van der Waals surface area contributed by atoms with Crippen LogP contribution in [0.3, 0.4) is 0 Å². The van der Waals surface area contributed by atoms with Gasteiger partial charge in [-0.25, -0.2) is 4.39 Å². The largest absolute Gasteiger partial charge is 0.228 e. The molecule has 0 saturated heterocycles. The molecule has 11 heteroatoms. The molecule has 0 aromatic carbocycles. The van der Waals surface area contributed by atoms with Crippen LogP contribution in [0, 0.1) is 0 Å². The van der Waals surface area contributed by atoms with E-state index in [0.717, 1.165) is 0 Å². The third-order valence-corrected chi connectivity index (χ3v) is 7.15. The lowest BCUT2D eigenvalue weighted by Gasteiger charge is -2.00. The predicted octanol–water partition coefficient (Wildman–Crippen LogP) is 11.1. The van der Waals surface area contributed by atoms with Crippen molar-refractivity contribution in [3.05, 3.63) is 0 Å². The average molecular weight is 639 g/mol. The quantitative estimate of drug-likeness (QED) is 0.263. The second-order valence-electron chi connectivity index (χ2n) is 6.43. The highest BCUT2D eigenvalue weighted by atomic mass is 35.5. The third-order valence-electron chi connectivity index (χ3n) is 2.88. The average Bonchev–Trinajstić information content (AvgIpc) is 2.56. The molecule has 10 atom stereocenters. The van der Waals surface area contributed by atoms with Gasteiger partial charge in [0.1, 0.15) is 0 Å². The monoisotopic (exact) mass is 634 g/mol. The highest BCUT2D eigenvalue weighted by molar-refractivity contribution is 6.31. The molecule has 0 rings (SSSR count). The zero-order valence-electron chi connectivity index (χ0n) is 18.9. The summed E-state index contributed by atoms with van der Waals surface area (Å²) < 4.78 is 11.5. The van der Waals surface area contributed by atoms with E-state index in [9.17, 15) is 4.39 Å². The van der Waals surface area contributed by atoms with Gasteiger partial charge in [0.15, 0.2) is 5.63 Å². The summed E-state index contributed by atoms with van der Waals surface area (Å²) in [4.78, 5) is 0. The van der Waals surface area contributed by atoms with Crippen molar-refractivity contribution in [2.45, 2.75) is 116 Å². The summed E-state index contributed by atoms with van der Waals surface area (Å²) in [6.07, 6.45) is 0. The van der Waals surface area contributed by atoms with Gasteiger partial charge in [0.2, 0.25) is 0 Å². The first-order valence-electron chi connectivity index (χ1n) is 9.26. The van der Waals surface area contributed by atoms with Crippen LogP contribution < -0.4 is 0 Å². The molecular formula is C19H37Cl10F. The molecule has 0 amide bonds. The Morgan fingerprint density at radius 2 is 0.367 bits per heavy atom. The fourth-order valence-electron chi connectivity index (χ4n) is 0. The lowest BCUT2D eigenvalue weighted by Crippen LogP contribution is -2.03. The fourth-order valence-corrected chi connectivity index (χ4v) is 0. The maximum absolute atomic E-state index is 11.5. The van der Waals surface area contributed by atoms with Crippen LogP contribution in [-0.2, 0) is 0 Å². The van der Waals surface area contributed by atoms with Gasteiger partial charge in [0, 0.05) is 43.0 Å². The molecule has 0 aliphatic carbocycles. The second-order valence-corrected chi connectivity index (χ2v) is 13.0. The van der Waals surface area contributed by atoms with E-state index < -0.39 is 11.0 Å². The molecule has 0 aliphatic rings. The summed E-state index contributed by atoms with van der Waals surface area (Å²) in [7, 11) is 0. The number of hydrogen-bond acceptors (Lipinski definition) is 0. The molecule has 0 radical (unpaired) electrons. The van der Waals surface area contributed by atoms with Gasteiger partial charge in [-0.3, -0.25) is 0 Å². The van der Waals surface area contributed by atoms with Crippen molar-refractivity contribution in [1.29, 1.82) is 0 Å². The van der Waals surface area contributed by atoms with Crippen molar-refractivity contribution >= 4 is 116 Å². The topological polar surface area (TPSA) is 0 Å². The van der Waals surface area contributed by atoms with Gasteiger partial charge in [-0.05, 0) is 62.3 Å². The third kappa shape index (κ3) is 52.6. The first-order valence-corrected chi connectivity index (χ1v) is 13.6. The molecule has 190 valence electrons. The molecule has 0 bridgehead atoms. The van der Waals surface area contributed by atoms with E-state index in [-0.39, 0.29) is 43.0 Å². The van der Waals surface area contributed by atoms with Crippen LogP contribution in [0.2, 0.25) is 0 Å². The Bertz CT molecular complexity index is 208. The van der Waals surface area contributed by atoms with Gasteiger partial charge >= 0.3 is 0 Å². The minimum absolute atomic E-state index is 0.0895. The first kappa shape index (κ1) is 42.9. The molecule has 0 aliphatic heterocycles. The zero-order valence-corrected chi connectivity index (χ0v) is 26.5. The minimum atomic E-state index is -1.41. The smallest absolute Gasteiger partial charge is 0.189 e. The predicted molar refractivity (Wildman–Crippen MR) is 149 cm³/mol. The normalized spacial score (nSPS) is 20.0. The molecule has 10 unspecified atom stereocenters. The van der Waals surface area contributed by atoms with E-state index in [1.54, 1.807) is 0 Å². The van der Waals surface area contributed by atoms with Crippen molar-refractivity contribution < 1.29 is 4.39 Å². The van der Waals surface area contributed by atoms with Gasteiger partial charge in [-0.2, -0.15) is 0 Å². The number of halogens is 11. The highest BCUT2D eigenvalue weighted by Gasteiger charge is 2.06. The standard InChI is InChI=1S/4C4H8Cl2.C3H5Cl2F/c4*1-3(5)4(2)6;1-2(4)3(5)6/h4*3-4H,1-2H3;2-3H,1H3. The van der Waals surface area contributed by atoms with Gasteiger partial charge in [-0.15, -0.1) is 104 Å². The maximum atomic E-state index is 11.5. The lowest BCUT2D eigenvalue weighted by molar-refractivity contribution is 0.439. The molecule has 0 saturated carbocycles. The van der Waals surface area contributed by atoms with E-state index in [1.807, 2.05) is 55.4 Å². The summed E-state index contributed by atoms with van der Waals surface area (Å²) in [5, 5.41) is 0.139. The van der Waals surface area contributed by atoms with Crippen LogP contribution in [0.15, 0.2) is 0 Å². The molecule has 0 N–H and O–H groups in total. The van der Waals surface area contributed by atoms with E-state index >= 15 is 0 Å². The van der Waals surface area contributed by atoms with Crippen LogP contribution in [0.1, 0.15) is 62.3 Å². The number of hydrogen-bond donors (Lipinski definition) is 0. The zero-order chi connectivity index (χ0) is 25.8. The van der Waals surface area contributed by atoms with Gasteiger partial charge in [0.25, 0.3) is 0 Å². The Kier molecular flexibility index (Phi) is 40.2. The summed E-state index contributed by atoms with van der Waals surface area (Å²) in [6.45, 7) is 16.5. The fraction of sp³-hybridized carbons (Fsp3) is 1.00. The van der Waals surface area contributed by atoms with E-state index in [2.05, 4.69) is 0 Å². The van der Waals surface area contributed by atoms with Crippen LogP contribution in [0.25, 0.3) is 0 Å². The Morgan fingerprint density at radius 1 is 0.300 bits per heavy atom. The van der Waals surface area contributed by atoms with Gasteiger partial charge in [-0.1, -0.05) is 11.6 Å². The van der Waals surface area contributed by atoms with Crippen molar-refractivity contribution in [2.75, 3.05) is 0 Å². The summed E-state index contributed by atoms with van der Waals surface area (Å²) in [6, 6.07) is 0.